The van der Waals surface area contributed by atoms with Gasteiger partial charge in [-0.3, -0.25) is 0 Å². The monoisotopic (exact) mass is 297 g/mol. The van der Waals surface area contributed by atoms with E-state index in [9.17, 15) is 4.79 Å². The first-order valence-electron chi connectivity index (χ1n) is 5.96. The lowest BCUT2D eigenvalue weighted by molar-refractivity contribution is 0.0697. The molecule has 0 aromatic heterocycles. The van der Waals surface area contributed by atoms with Gasteiger partial charge < -0.3 is 10.4 Å². The lowest BCUT2D eigenvalue weighted by atomic mass is 9.95. The van der Waals surface area contributed by atoms with Crippen molar-refractivity contribution in [3.8, 4) is 0 Å². The van der Waals surface area contributed by atoms with Crippen LogP contribution >= 0.6 is 15.9 Å². The van der Waals surface area contributed by atoms with E-state index in [0.29, 0.717) is 11.6 Å². The Labute approximate surface area is 109 Å². The molecular formula is C13H16BrNO2. The molecule has 0 amide bonds. The summed E-state index contributed by atoms with van der Waals surface area (Å²) >= 11 is 3.45. The van der Waals surface area contributed by atoms with Gasteiger partial charge in [0.05, 0.1) is 5.56 Å². The van der Waals surface area contributed by atoms with Crippen molar-refractivity contribution >= 4 is 27.6 Å². The van der Waals surface area contributed by atoms with E-state index in [-0.39, 0.29) is 0 Å². The highest BCUT2D eigenvalue weighted by molar-refractivity contribution is 9.10. The standard InChI is InChI=1S/C13H16BrNO2/c14-11-7-6-9(13(16)17)8-12(11)15-10-4-2-1-3-5-10/h6-8,10,15H,1-5H2,(H,16,17). The van der Waals surface area contributed by atoms with E-state index in [1.165, 1.54) is 32.1 Å². The molecule has 17 heavy (non-hydrogen) atoms. The second-order valence-electron chi connectivity index (χ2n) is 4.48. The van der Waals surface area contributed by atoms with Gasteiger partial charge in [0.2, 0.25) is 0 Å². The van der Waals surface area contributed by atoms with Crippen LogP contribution in [0.25, 0.3) is 0 Å². The second-order valence-corrected chi connectivity index (χ2v) is 5.33. The molecule has 0 aliphatic heterocycles. The molecule has 92 valence electrons. The van der Waals surface area contributed by atoms with Gasteiger partial charge in [-0.2, -0.15) is 0 Å². The van der Waals surface area contributed by atoms with Crippen molar-refractivity contribution in [2.24, 2.45) is 0 Å². The third kappa shape index (κ3) is 3.22. The number of benzene rings is 1. The Morgan fingerprint density at radius 2 is 2.00 bits per heavy atom. The Bertz CT molecular complexity index is 414. The van der Waals surface area contributed by atoms with Crippen LogP contribution < -0.4 is 5.32 Å². The maximum atomic E-state index is 10.9. The van der Waals surface area contributed by atoms with Gasteiger partial charge in [-0.05, 0) is 47.0 Å². The molecule has 1 aliphatic rings. The van der Waals surface area contributed by atoms with Crippen LogP contribution in [0.5, 0.6) is 0 Å². The molecule has 1 aromatic carbocycles. The van der Waals surface area contributed by atoms with Crippen molar-refractivity contribution in [3.05, 3.63) is 28.2 Å². The molecule has 0 spiro atoms. The summed E-state index contributed by atoms with van der Waals surface area (Å²) in [5.74, 6) is -0.885. The first-order valence-corrected chi connectivity index (χ1v) is 6.75. The van der Waals surface area contributed by atoms with Crippen LogP contribution in [0.2, 0.25) is 0 Å². The van der Waals surface area contributed by atoms with Crippen LogP contribution in [0.3, 0.4) is 0 Å². The number of carbonyl (C=O) groups is 1. The molecule has 1 aliphatic carbocycles. The highest BCUT2D eigenvalue weighted by atomic mass is 79.9. The Balaban J connectivity index is 2.13. The SMILES string of the molecule is O=C(O)c1ccc(Br)c(NC2CCCCC2)c1. The Morgan fingerprint density at radius 3 is 2.65 bits per heavy atom. The highest BCUT2D eigenvalue weighted by Crippen LogP contribution is 2.28. The smallest absolute Gasteiger partial charge is 0.335 e. The zero-order chi connectivity index (χ0) is 12.3. The minimum atomic E-state index is -0.885. The molecule has 1 aromatic rings. The van der Waals surface area contributed by atoms with Crippen molar-refractivity contribution in [3.63, 3.8) is 0 Å². The maximum absolute atomic E-state index is 10.9. The third-order valence-corrected chi connectivity index (χ3v) is 3.87. The average Bonchev–Trinajstić information content (AvgIpc) is 2.33. The Hall–Kier alpha value is -1.03. The number of carboxylic acids is 1. The van der Waals surface area contributed by atoms with Crippen LogP contribution in [0.15, 0.2) is 22.7 Å². The zero-order valence-corrected chi connectivity index (χ0v) is 11.2. The van der Waals surface area contributed by atoms with Crippen molar-refractivity contribution in [1.82, 2.24) is 0 Å². The molecule has 0 unspecified atom stereocenters. The fourth-order valence-electron chi connectivity index (χ4n) is 2.24. The summed E-state index contributed by atoms with van der Waals surface area (Å²) in [5.41, 5.74) is 1.21. The van der Waals surface area contributed by atoms with E-state index in [1.54, 1.807) is 18.2 Å². The fourth-order valence-corrected chi connectivity index (χ4v) is 2.60. The van der Waals surface area contributed by atoms with Crippen LogP contribution in [-0.4, -0.2) is 17.1 Å². The van der Waals surface area contributed by atoms with E-state index in [1.807, 2.05) is 0 Å². The number of nitrogens with one attached hydrogen (secondary N) is 1. The first-order chi connectivity index (χ1) is 8.16. The molecule has 0 saturated heterocycles. The number of anilines is 1. The molecule has 0 radical (unpaired) electrons. The van der Waals surface area contributed by atoms with Crippen LogP contribution in [-0.2, 0) is 0 Å². The normalized spacial score (nSPS) is 16.8. The fraction of sp³-hybridized carbons (Fsp3) is 0.462. The Morgan fingerprint density at radius 1 is 1.29 bits per heavy atom. The number of hydrogen-bond acceptors (Lipinski definition) is 2. The summed E-state index contributed by atoms with van der Waals surface area (Å²) in [6, 6.07) is 5.57. The average molecular weight is 298 g/mol. The van der Waals surface area contributed by atoms with Crippen LogP contribution in [0.1, 0.15) is 42.5 Å². The molecule has 0 bridgehead atoms. The number of hydrogen-bond donors (Lipinski definition) is 2. The summed E-state index contributed by atoms with van der Waals surface area (Å²) in [4.78, 5) is 10.9. The van der Waals surface area contributed by atoms with Crippen molar-refractivity contribution in [2.75, 3.05) is 5.32 Å². The summed E-state index contributed by atoms with van der Waals surface area (Å²) in [6.45, 7) is 0. The Kier molecular flexibility index (Phi) is 4.05. The predicted octanol–water partition coefficient (Wildman–Crippen LogP) is 3.89. The predicted molar refractivity (Wildman–Crippen MR) is 71.6 cm³/mol. The van der Waals surface area contributed by atoms with Crippen LogP contribution in [0.4, 0.5) is 5.69 Å². The third-order valence-electron chi connectivity index (χ3n) is 3.18. The van der Waals surface area contributed by atoms with E-state index in [4.69, 9.17) is 5.11 Å². The number of rotatable bonds is 3. The van der Waals surface area contributed by atoms with Gasteiger partial charge in [0.25, 0.3) is 0 Å². The summed E-state index contributed by atoms with van der Waals surface area (Å²) < 4.78 is 0.924. The van der Waals surface area contributed by atoms with Gasteiger partial charge >= 0.3 is 5.97 Å². The summed E-state index contributed by atoms with van der Waals surface area (Å²) in [7, 11) is 0. The molecule has 3 nitrogen and oxygen atoms in total. The van der Waals surface area contributed by atoms with Gasteiger partial charge in [-0.25, -0.2) is 4.79 Å². The van der Waals surface area contributed by atoms with E-state index in [0.717, 1.165) is 10.2 Å². The largest absolute Gasteiger partial charge is 0.478 e. The number of halogens is 1. The minimum Gasteiger partial charge on any atom is -0.478 e. The van der Waals surface area contributed by atoms with Crippen molar-refractivity contribution in [1.29, 1.82) is 0 Å². The molecule has 4 heteroatoms. The number of carboxylic acid groups (broad SMARTS) is 1. The van der Waals surface area contributed by atoms with E-state index < -0.39 is 5.97 Å². The molecule has 0 atom stereocenters. The number of aromatic carboxylic acids is 1. The minimum absolute atomic E-state index is 0.325. The second kappa shape index (κ2) is 5.54. The van der Waals surface area contributed by atoms with Crippen molar-refractivity contribution in [2.45, 2.75) is 38.1 Å². The maximum Gasteiger partial charge on any atom is 0.335 e. The molecule has 2 N–H and O–H groups in total. The van der Waals surface area contributed by atoms with Gasteiger partial charge in [0.1, 0.15) is 0 Å². The molecule has 1 fully saturated rings. The lowest BCUT2D eigenvalue weighted by Gasteiger charge is -2.24. The van der Waals surface area contributed by atoms with Gasteiger partial charge in [0, 0.05) is 16.2 Å². The summed E-state index contributed by atoms with van der Waals surface area (Å²) in [6.07, 6.45) is 6.17. The van der Waals surface area contributed by atoms with Gasteiger partial charge in [0.15, 0.2) is 0 Å². The topological polar surface area (TPSA) is 49.3 Å². The van der Waals surface area contributed by atoms with Crippen LogP contribution in [0, 0.1) is 0 Å². The van der Waals surface area contributed by atoms with Gasteiger partial charge in [-0.15, -0.1) is 0 Å². The lowest BCUT2D eigenvalue weighted by Crippen LogP contribution is -2.22. The highest BCUT2D eigenvalue weighted by Gasteiger charge is 2.15. The first kappa shape index (κ1) is 12.4. The van der Waals surface area contributed by atoms with E-state index >= 15 is 0 Å². The van der Waals surface area contributed by atoms with E-state index in [2.05, 4.69) is 21.2 Å². The summed E-state index contributed by atoms with van der Waals surface area (Å²) in [5, 5.41) is 12.4. The molecular weight excluding hydrogens is 282 g/mol. The van der Waals surface area contributed by atoms with Gasteiger partial charge in [-0.1, -0.05) is 19.3 Å². The molecule has 1 saturated carbocycles. The zero-order valence-electron chi connectivity index (χ0n) is 9.58. The molecule has 0 heterocycles. The molecule has 2 rings (SSSR count). The quantitative estimate of drug-likeness (QED) is 0.890. The van der Waals surface area contributed by atoms with Crippen molar-refractivity contribution < 1.29 is 9.90 Å².